The number of methoxy groups -OCH3 is 2. The lowest BCUT2D eigenvalue weighted by atomic mass is 10.2. The number of halogens is 3. The van der Waals surface area contributed by atoms with E-state index in [-0.39, 0.29) is 5.52 Å². The summed E-state index contributed by atoms with van der Waals surface area (Å²) in [6, 6.07) is 9.99. The normalized spacial score (nSPS) is 11.6. The molecule has 0 spiro atoms. The van der Waals surface area contributed by atoms with Crippen molar-refractivity contribution in [1.82, 2.24) is 24.7 Å². The number of fused-ring (bicyclic) bond motifs is 1. The molecule has 0 radical (unpaired) electrons. The number of benzene rings is 1. The van der Waals surface area contributed by atoms with Gasteiger partial charge in [0.25, 0.3) is 0 Å². The van der Waals surface area contributed by atoms with Gasteiger partial charge >= 0.3 is 6.18 Å². The van der Waals surface area contributed by atoms with Crippen molar-refractivity contribution in [3.05, 3.63) is 54.2 Å². The van der Waals surface area contributed by atoms with Crippen molar-refractivity contribution in [2.45, 2.75) is 6.18 Å². The Labute approximate surface area is 162 Å². The van der Waals surface area contributed by atoms with Crippen molar-refractivity contribution < 1.29 is 22.6 Å². The molecule has 0 aliphatic heterocycles. The van der Waals surface area contributed by atoms with E-state index in [0.717, 1.165) is 12.1 Å². The second kappa shape index (κ2) is 7.04. The third kappa shape index (κ3) is 3.44. The van der Waals surface area contributed by atoms with Gasteiger partial charge in [-0.15, -0.1) is 10.2 Å². The topological polar surface area (TPSA) is 75.0 Å². The maximum atomic E-state index is 13.1. The highest BCUT2D eigenvalue weighted by Gasteiger charge is 2.31. The van der Waals surface area contributed by atoms with Crippen molar-refractivity contribution in [2.75, 3.05) is 14.2 Å². The Morgan fingerprint density at radius 2 is 1.66 bits per heavy atom. The van der Waals surface area contributed by atoms with Crippen LogP contribution in [-0.4, -0.2) is 39.0 Å². The molecule has 1 aromatic carbocycles. The molecule has 10 heteroatoms. The van der Waals surface area contributed by atoms with Gasteiger partial charge in [-0.05, 0) is 30.3 Å². The lowest BCUT2D eigenvalue weighted by molar-refractivity contribution is -0.137. The van der Waals surface area contributed by atoms with Crippen LogP contribution < -0.4 is 9.47 Å². The van der Waals surface area contributed by atoms with Gasteiger partial charge in [0.05, 0.1) is 42.7 Å². The number of rotatable bonds is 4. The molecule has 0 bridgehead atoms. The quantitative estimate of drug-likeness (QED) is 0.516. The Morgan fingerprint density at radius 1 is 0.897 bits per heavy atom. The number of alkyl halides is 3. The second-order valence-electron chi connectivity index (χ2n) is 5.99. The molecule has 0 aliphatic carbocycles. The SMILES string of the molecule is COc1ccc(-n2c(-c3ccc(OC)nn3)nc3cc(C(F)(F)F)ccc32)cn1. The van der Waals surface area contributed by atoms with Crippen molar-refractivity contribution >= 4 is 11.0 Å². The fraction of sp³-hybridized carbons (Fsp3) is 0.158. The lowest BCUT2D eigenvalue weighted by Gasteiger charge is -2.10. The Kier molecular flexibility index (Phi) is 4.53. The first-order chi connectivity index (χ1) is 13.9. The molecule has 3 heterocycles. The van der Waals surface area contributed by atoms with E-state index in [1.165, 1.54) is 26.5 Å². The van der Waals surface area contributed by atoms with Gasteiger partial charge in [0, 0.05) is 12.1 Å². The number of imidazole rings is 1. The summed E-state index contributed by atoms with van der Waals surface area (Å²) in [5.74, 6) is 1.03. The summed E-state index contributed by atoms with van der Waals surface area (Å²) in [7, 11) is 2.95. The molecule has 0 amide bonds. The summed E-state index contributed by atoms with van der Waals surface area (Å²) in [4.78, 5) is 8.56. The molecule has 29 heavy (non-hydrogen) atoms. The Balaban J connectivity index is 1.95. The summed E-state index contributed by atoms with van der Waals surface area (Å²) >= 11 is 0. The van der Waals surface area contributed by atoms with Crippen molar-refractivity contribution in [3.8, 4) is 29.0 Å². The van der Waals surface area contributed by atoms with Gasteiger partial charge in [-0.3, -0.25) is 4.57 Å². The van der Waals surface area contributed by atoms with E-state index < -0.39 is 11.7 Å². The van der Waals surface area contributed by atoms with Crippen LogP contribution in [0.25, 0.3) is 28.2 Å². The Morgan fingerprint density at radius 3 is 2.24 bits per heavy atom. The van der Waals surface area contributed by atoms with Crippen LogP contribution in [0.2, 0.25) is 0 Å². The van der Waals surface area contributed by atoms with E-state index in [1.807, 2.05) is 0 Å². The highest BCUT2D eigenvalue weighted by molar-refractivity contribution is 5.83. The zero-order valence-electron chi connectivity index (χ0n) is 15.3. The number of nitrogens with zero attached hydrogens (tertiary/aromatic N) is 5. The minimum atomic E-state index is -4.47. The van der Waals surface area contributed by atoms with Crippen LogP contribution in [0.3, 0.4) is 0 Å². The van der Waals surface area contributed by atoms with Gasteiger partial charge in [-0.2, -0.15) is 13.2 Å². The number of pyridine rings is 1. The van der Waals surface area contributed by atoms with E-state index in [1.54, 1.807) is 28.8 Å². The molecule has 0 N–H and O–H groups in total. The van der Waals surface area contributed by atoms with Gasteiger partial charge < -0.3 is 9.47 Å². The van der Waals surface area contributed by atoms with Crippen LogP contribution in [0.4, 0.5) is 13.2 Å². The molecule has 0 atom stereocenters. The molecule has 0 fully saturated rings. The summed E-state index contributed by atoms with van der Waals surface area (Å²) in [5, 5.41) is 8.00. The predicted molar refractivity (Wildman–Crippen MR) is 98.0 cm³/mol. The van der Waals surface area contributed by atoms with Crippen LogP contribution in [0.1, 0.15) is 5.56 Å². The van der Waals surface area contributed by atoms with Crippen LogP contribution in [0.5, 0.6) is 11.8 Å². The van der Waals surface area contributed by atoms with Gasteiger partial charge in [0.2, 0.25) is 11.8 Å². The van der Waals surface area contributed by atoms with E-state index in [4.69, 9.17) is 9.47 Å². The molecule has 4 aromatic rings. The first-order valence-electron chi connectivity index (χ1n) is 8.39. The summed E-state index contributed by atoms with van der Waals surface area (Å²) < 4.78 is 51.2. The average Bonchev–Trinajstić information content (AvgIpc) is 3.12. The van der Waals surface area contributed by atoms with Crippen LogP contribution in [0, 0.1) is 0 Å². The minimum absolute atomic E-state index is 0.170. The summed E-state index contributed by atoms with van der Waals surface area (Å²) in [6.45, 7) is 0. The Hall–Kier alpha value is -3.69. The van der Waals surface area contributed by atoms with E-state index in [0.29, 0.717) is 34.5 Å². The third-order valence-electron chi connectivity index (χ3n) is 4.25. The van der Waals surface area contributed by atoms with Crippen molar-refractivity contribution in [1.29, 1.82) is 0 Å². The van der Waals surface area contributed by atoms with E-state index in [9.17, 15) is 13.2 Å². The highest BCUT2D eigenvalue weighted by Crippen LogP contribution is 2.34. The number of hydrogen-bond acceptors (Lipinski definition) is 6. The second-order valence-corrected chi connectivity index (χ2v) is 5.99. The van der Waals surface area contributed by atoms with Gasteiger partial charge in [0.1, 0.15) is 5.69 Å². The Bertz CT molecular complexity index is 1160. The zero-order valence-corrected chi connectivity index (χ0v) is 15.3. The highest BCUT2D eigenvalue weighted by atomic mass is 19.4. The van der Waals surface area contributed by atoms with Crippen LogP contribution in [-0.2, 0) is 6.18 Å². The van der Waals surface area contributed by atoms with Crippen molar-refractivity contribution in [3.63, 3.8) is 0 Å². The molecule has 0 aliphatic rings. The average molecular weight is 401 g/mol. The zero-order chi connectivity index (χ0) is 20.6. The molecular formula is C19H14F3N5O2. The smallest absolute Gasteiger partial charge is 0.416 e. The number of ether oxygens (including phenoxy) is 2. The van der Waals surface area contributed by atoms with Gasteiger partial charge in [-0.1, -0.05) is 0 Å². The van der Waals surface area contributed by atoms with E-state index >= 15 is 0 Å². The molecular weight excluding hydrogens is 387 g/mol. The number of hydrogen-bond donors (Lipinski definition) is 0. The molecule has 0 saturated carbocycles. The largest absolute Gasteiger partial charge is 0.481 e. The standard InChI is InChI=1S/C19H14F3N5O2/c1-28-16-7-4-12(10-23-16)27-15-6-3-11(19(20,21)22)9-14(15)24-18(27)13-5-8-17(29-2)26-25-13/h3-10H,1-2H3. The third-order valence-corrected chi connectivity index (χ3v) is 4.25. The molecule has 0 saturated heterocycles. The maximum absolute atomic E-state index is 13.1. The van der Waals surface area contributed by atoms with E-state index in [2.05, 4.69) is 20.2 Å². The molecule has 3 aromatic heterocycles. The number of aromatic nitrogens is 5. The van der Waals surface area contributed by atoms with Crippen LogP contribution >= 0.6 is 0 Å². The maximum Gasteiger partial charge on any atom is 0.416 e. The molecule has 4 rings (SSSR count). The molecule has 7 nitrogen and oxygen atoms in total. The molecule has 148 valence electrons. The first kappa shape index (κ1) is 18.7. The van der Waals surface area contributed by atoms with Crippen molar-refractivity contribution in [2.24, 2.45) is 0 Å². The fourth-order valence-corrected chi connectivity index (χ4v) is 2.86. The summed E-state index contributed by atoms with van der Waals surface area (Å²) in [6.07, 6.45) is -2.93. The lowest BCUT2D eigenvalue weighted by Crippen LogP contribution is -2.04. The predicted octanol–water partition coefficient (Wildman–Crippen LogP) is 3.91. The first-order valence-corrected chi connectivity index (χ1v) is 8.39. The monoisotopic (exact) mass is 401 g/mol. The van der Waals surface area contributed by atoms with Gasteiger partial charge in [-0.25, -0.2) is 9.97 Å². The fourth-order valence-electron chi connectivity index (χ4n) is 2.86. The van der Waals surface area contributed by atoms with Gasteiger partial charge in [0.15, 0.2) is 5.82 Å². The van der Waals surface area contributed by atoms with Crippen LogP contribution in [0.15, 0.2) is 48.7 Å². The minimum Gasteiger partial charge on any atom is -0.481 e. The summed E-state index contributed by atoms with van der Waals surface area (Å²) in [5.41, 5.74) is 0.808. The molecule has 0 unspecified atom stereocenters.